The Bertz CT molecular complexity index is 1350. The molecule has 0 bridgehead atoms. The molecule has 0 spiro atoms. The lowest BCUT2D eigenvalue weighted by Crippen LogP contribution is -2.34. The average molecular weight is 687 g/mol. The molecule has 0 saturated carbocycles. The zero-order valence-corrected chi connectivity index (χ0v) is 30.9. The second kappa shape index (κ2) is 18.5. The zero-order chi connectivity index (χ0) is 35.3. The van der Waals surface area contributed by atoms with Crippen LogP contribution < -0.4 is 14.2 Å². The van der Waals surface area contributed by atoms with Gasteiger partial charge in [-0.2, -0.15) is 0 Å². The molecule has 2 aromatic rings. The lowest BCUT2D eigenvalue weighted by molar-refractivity contribution is -0.152. The highest BCUT2D eigenvalue weighted by molar-refractivity contribution is 6.76. The van der Waals surface area contributed by atoms with Gasteiger partial charge in [-0.25, -0.2) is 4.79 Å². The van der Waals surface area contributed by atoms with E-state index in [2.05, 4.69) is 19.6 Å². The summed E-state index contributed by atoms with van der Waals surface area (Å²) in [5, 5.41) is 11.1. The van der Waals surface area contributed by atoms with Crippen molar-refractivity contribution in [3.05, 3.63) is 71.3 Å². The lowest BCUT2D eigenvalue weighted by Gasteiger charge is -2.20. The van der Waals surface area contributed by atoms with Gasteiger partial charge in [-0.1, -0.05) is 63.0 Å². The number of hydrogen-bond acceptors (Lipinski definition) is 10. The molecule has 1 aliphatic heterocycles. The molecule has 0 aromatic heterocycles. The molecule has 266 valence electrons. The normalized spacial score (nSPS) is 19.0. The van der Waals surface area contributed by atoms with Crippen molar-refractivity contribution in [2.24, 2.45) is 5.92 Å². The monoisotopic (exact) mass is 686 g/mol. The highest BCUT2D eigenvalue weighted by Gasteiger charge is 2.43. The molecule has 0 aliphatic carbocycles. The van der Waals surface area contributed by atoms with E-state index in [9.17, 15) is 9.90 Å². The van der Waals surface area contributed by atoms with E-state index in [1.54, 1.807) is 32.4 Å². The average Bonchev–Trinajstić information content (AvgIpc) is 3.35. The molecule has 3 rings (SSSR count). The molecule has 1 N–H and O–H groups in total. The number of hydrogen-bond donors (Lipinski definition) is 1. The number of carbonyl (C=O) groups excluding carboxylic acids is 1. The van der Waals surface area contributed by atoms with Crippen molar-refractivity contribution in [3.8, 4) is 17.2 Å². The fourth-order valence-electron chi connectivity index (χ4n) is 5.05. The summed E-state index contributed by atoms with van der Waals surface area (Å²) < 4.78 is 45.5. The Morgan fingerprint density at radius 3 is 2.38 bits per heavy atom. The predicted molar refractivity (Wildman–Crippen MR) is 188 cm³/mol. The first-order chi connectivity index (χ1) is 22.7. The molecular weight excluding hydrogens is 632 g/mol. The Labute approximate surface area is 286 Å². The van der Waals surface area contributed by atoms with Gasteiger partial charge in [-0.15, -0.1) is 0 Å². The fourth-order valence-corrected chi connectivity index (χ4v) is 5.77. The Morgan fingerprint density at radius 1 is 1.02 bits per heavy atom. The molecule has 1 aliphatic rings. The topological polar surface area (TPSA) is 111 Å². The number of methoxy groups -OCH3 is 3. The maximum Gasteiger partial charge on any atom is 0.342 e. The van der Waals surface area contributed by atoms with Crippen LogP contribution in [0.25, 0.3) is 6.08 Å². The van der Waals surface area contributed by atoms with E-state index in [1.807, 2.05) is 63.3 Å². The molecule has 10 nitrogen and oxygen atoms in total. The van der Waals surface area contributed by atoms with Crippen molar-refractivity contribution >= 4 is 20.1 Å². The van der Waals surface area contributed by atoms with Crippen molar-refractivity contribution < 1.29 is 47.8 Å². The molecule has 48 heavy (non-hydrogen) atoms. The van der Waals surface area contributed by atoms with E-state index in [0.29, 0.717) is 43.3 Å². The van der Waals surface area contributed by atoms with Crippen LogP contribution in [0, 0.1) is 5.92 Å². The third-order valence-electron chi connectivity index (χ3n) is 7.63. The minimum atomic E-state index is -1.41. The third-order valence-corrected chi connectivity index (χ3v) is 9.34. The molecule has 1 fully saturated rings. The van der Waals surface area contributed by atoms with Crippen LogP contribution in [0.4, 0.5) is 0 Å². The van der Waals surface area contributed by atoms with Crippen molar-refractivity contribution in [2.75, 3.05) is 41.3 Å². The number of benzene rings is 2. The van der Waals surface area contributed by atoms with Gasteiger partial charge in [0, 0.05) is 21.3 Å². The van der Waals surface area contributed by atoms with Crippen LogP contribution in [0.1, 0.15) is 48.7 Å². The van der Waals surface area contributed by atoms with Crippen molar-refractivity contribution in [1.29, 1.82) is 0 Å². The van der Waals surface area contributed by atoms with Crippen molar-refractivity contribution in [2.45, 2.75) is 83.6 Å². The third kappa shape index (κ3) is 12.7. The summed E-state index contributed by atoms with van der Waals surface area (Å²) in [6, 6.07) is 12.0. The van der Waals surface area contributed by atoms with Gasteiger partial charge in [0.1, 0.15) is 35.0 Å². The van der Waals surface area contributed by atoms with Crippen LogP contribution in [0.15, 0.2) is 54.6 Å². The first kappa shape index (κ1) is 39.2. The Kier molecular flexibility index (Phi) is 15.2. The molecule has 0 amide bonds. The predicted octanol–water partition coefficient (Wildman–Crippen LogP) is 6.87. The van der Waals surface area contributed by atoms with E-state index < -0.39 is 38.1 Å². The number of carbonyl (C=O) groups is 1. The minimum absolute atomic E-state index is 0.0473. The van der Waals surface area contributed by atoms with Gasteiger partial charge >= 0.3 is 5.97 Å². The van der Waals surface area contributed by atoms with Gasteiger partial charge in [0.2, 0.25) is 0 Å². The first-order valence-corrected chi connectivity index (χ1v) is 20.1. The highest BCUT2D eigenvalue weighted by Crippen LogP contribution is 2.34. The summed E-state index contributed by atoms with van der Waals surface area (Å²) in [5.41, 5.74) is 1.91. The molecule has 4 atom stereocenters. The molecule has 11 heteroatoms. The Morgan fingerprint density at radius 2 is 1.73 bits per heavy atom. The largest absolute Gasteiger partial charge is 0.497 e. The Balaban J connectivity index is 1.70. The van der Waals surface area contributed by atoms with E-state index >= 15 is 0 Å². The van der Waals surface area contributed by atoms with E-state index in [0.717, 1.165) is 17.4 Å². The van der Waals surface area contributed by atoms with Crippen LogP contribution in [-0.2, 0) is 30.3 Å². The van der Waals surface area contributed by atoms with Gasteiger partial charge in [0.15, 0.2) is 12.6 Å². The van der Waals surface area contributed by atoms with Gasteiger partial charge < -0.3 is 43.0 Å². The van der Waals surface area contributed by atoms with Gasteiger partial charge in [-0.05, 0) is 61.6 Å². The molecule has 2 aromatic carbocycles. The number of rotatable bonds is 19. The standard InChI is InChI=1S/C37H54O10Si/c1-26(23-43-24-27-14-16-29(41-5)17-15-27)13-18-31(38)35-32(46-37(2,3)47-35)12-10-11-28-21-30(42-6)22-33(45-25-40-4)34(28)36(39)44-19-20-48(7,8)9/h10-11,13-18,21-22,26,31-32,35,38H,12,19-20,23-25H2,1-9H3/b11-10+,18-13-/t26-,31?,32-,35+/m0/s1. The molecule has 1 unspecified atom stereocenters. The van der Waals surface area contributed by atoms with Gasteiger partial charge in [0.25, 0.3) is 0 Å². The van der Waals surface area contributed by atoms with Crippen molar-refractivity contribution in [1.82, 2.24) is 0 Å². The summed E-state index contributed by atoms with van der Waals surface area (Å²) >= 11 is 0. The van der Waals surface area contributed by atoms with Crippen LogP contribution >= 0.6 is 0 Å². The summed E-state index contributed by atoms with van der Waals surface area (Å²) in [6.07, 6.45) is 5.83. The minimum Gasteiger partial charge on any atom is -0.497 e. The second-order valence-corrected chi connectivity index (χ2v) is 19.2. The summed E-state index contributed by atoms with van der Waals surface area (Å²) in [5.74, 6) is 0.325. The number of aliphatic hydroxyl groups excluding tert-OH is 1. The van der Waals surface area contributed by atoms with Gasteiger partial charge in [-0.3, -0.25) is 0 Å². The van der Waals surface area contributed by atoms with Crippen LogP contribution in [0.2, 0.25) is 25.7 Å². The fraction of sp³-hybridized carbons (Fsp3) is 0.541. The Hall–Kier alpha value is -3.19. The van der Waals surface area contributed by atoms with Crippen LogP contribution in [0.5, 0.6) is 17.2 Å². The summed E-state index contributed by atoms with van der Waals surface area (Å²) in [4.78, 5) is 13.4. The van der Waals surface area contributed by atoms with Crippen LogP contribution in [-0.4, -0.2) is 84.6 Å². The van der Waals surface area contributed by atoms with E-state index in [4.69, 9.17) is 37.9 Å². The number of esters is 1. The summed E-state index contributed by atoms with van der Waals surface area (Å²) in [7, 11) is 3.29. The number of aliphatic hydroxyl groups is 1. The SMILES string of the molecule is COCOc1cc(OC)cc(/C=C/C[C@@H]2OC(C)(C)O[C@@H]2C(O)/C=C\[C@H](C)COCc2ccc(OC)cc2)c1C(=O)OCC[Si](C)(C)C. The number of ether oxygens (including phenoxy) is 8. The van der Waals surface area contributed by atoms with E-state index in [1.165, 1.54) is 7.11 Å². The van der Waals surface area contributed by atoms with Gasteiger partial charge in [0.05, 0.1) is 40.1 Å². The molecular formula is C37H54O10Si. The van der Waals surface area contributed by atoms with E-state index in [-0.39, 0.29) is 18.3 Å². The molecule has 1 heterocycles. The zero-order valence-electron chi connectivity index (χ0n) is 29.9. The smallest absolute Gasteiger partial charge is 0.342 e. The van der Waals surface area contributed by atoms with Crippen LogP contribution in [0.3, 0.4) is 0 Å². The quantitative estimate of drug-likeness (QED) is 0.0727. The highest BCUT2D eigenvalue weighted by atomic mass is 28.3. The maximum absolute atomic E-state index is 13.4. The summed E-state index contributed by atoms with van der Waals surface area (Å²) in [6.45, 7) is 13.6. The maximum atomic E-state index is 13.4. The molecule has 0 radical (unpaired) electrons. The second-order valence-electron chi connectivity index (χ2n) is 13.6. The lowest BCUT2D eigenvalue weighted by atomic mass is 10.0. The molecule has 1 saturated heterocycles. The first-order valence-electron chi connectivity index (χ1n) is 16.4. The van der Waals surface area contributed by atoms with Crippen molar-refractivity contribution in [3.63, 3.8) is 0 Å².